The van der Waals surface area contributed by atoms with Crippen molar-refractivity contribution >= 4 is 11.9 Å². The van der Waals surface area contributed by atoms with Crippen molar-refractivity contribution in [1.29, 1.82) is 0 Å². The molecular weight excluding hydrogens is 743 g/mol. The molecule has 4 unspecified atom stereocenters. The van der Waals surface area contributed by atoms with Crippen LogP contribution in [-0.2, 0) is 9.47 Å². The molecule has 2 heterocycles. The van der Waals surface area contributed by atoms with Crippen LogP contribution in [0.1, 0.15) is 125 Å². The maximum Gasteiger partial charge on any atom is 0.346 e. The summed E-state index contributed by atoms with van der Waals surface area (Å²) >= 11 is 0. The normalized spacial score (nSPS) is 20.3. The van der Waals surface area contributed by atoms with Crippen LogP contribution in [0.3, 0.4) is 0 Å². The molecule has 7 rings (SSSR count). The number of benzene rings is 4. The summed E-state index contributed by atoms with van der Waals surface area (Å²) < 4.78 is 64.3. The Hall–Kier alpha value is -4.80. The van der Waals surface area contributed by atoms with E-state index in [1.807, 2.05) is 19.1 Å². The van der Waals surface area contributed by atoms with E-state index in [-0.39, 0.29) is 39.7 Å². The van der Waals surface area contributed by atoms with E-state index in [2.05, 4.69) is 41.5 Å². The number of fused-ring (bicyclic) bond motifs is 3. The molecule has 308 valence electrons. The Morgan fingerprint density at radius 3 is 1.34 bits per heavy atom. The first-order valence-electron chi connectivity index (χ1n) is 20.5. The summed E-state index contributed by atoms with van der Waals surface area (Å²) in [7, 11) is 0. The van der Waals surface area contributed by atoms with E-state index >= 15 is 8.78 Å². The molecule has 4 atom stereocenters. The fourth-order valence-corrected chi connectivity index (χ4v) is 7.80. The van der Waals surface area contributed by atoms with Crippen LogP contribution in [0.4, 0.5) is 8.78 Å². The van der Waals surface area contributed by atoms with Gasteiger partial charge in [0, 0.05) is 18.1 Å². The van der Waals surface area contributed by atoms with E-state index in [0.717, 1.165) is 60.8 Å². The number of hydrogen-bond acceptors (Lipinski definition) is 8. The van der Waals surface area contributed by atoms with Crippen LogP contribution in [0.5, 0.6) is 23.0 Å². The number of halogens is 2. The molecule has 8 nitrogen and oxygen atoms in total. The van der Waals surface area contributed by atoms with Crippen LogP contribution < -0.4 is 18.9 Å². The summed E-state index contributed by atoms with van der Waals surface area (Å²) in [5.41, 5.74) is 3.25. The first kappa shape index (κ1) is 41.4. The molecule has 58 heavy (non-hydrogen) atoms. The first-order chi connectivity index (χ1) is 27.6. The molecule has 10 heteroatoms. The molecule has 2 aliphatic heterocycles. The third-order valence-corrected chi connectivity index (χ3v) is 11.9. The van der Waals surface area contributed by atoms with Crippen molar-refractivity contribution in [2.75, 3.05) is 13.2 Å². The predicted molar refractivity (Wildman–Crippen MR) is 217 cm³/mol. The highest BCUT2D eigenvalue weighted by Gasteiger charge is 2.47. The molecular formula is C48H54F2O8. The Labute approximate surface area is 340 Å². The van der Waals surface area contributed by atoms with Gasteiger partial charge in [-0.1, -0.05) is 32.9 Å². The average molecular weight is 797 g/mol. The van der Waals surface area contributed by atoms with Gasteiger partial charge in [0.25, 0.3) is 0 Å². The Morgan fingerprint density at radius 2 is 0.983 bits per heavy atom. The third kappa shape index (κ3) is 9.72. The Bertz CT molecular complexity index is 2010. The minimum absolute atomic E-state index is 0.00860. The standard InChI is InChI=1S/C48H54F2O8/c1-28(8-18-43-47(4,5)57-43)20-22-53-31-10-16-37(41(49)26-31)45(51)55-33-12-14-35-36-15-13-34(25-40(36)30(3)39(35)24-33)56-46(52)38-17-11-32(27-42(38)50)54-23-21-29(2)9-19-44-48(6,7)58-44/h10-17,24-30,43-44H,8-9,18-23H2,1-7H3. The fraction of sp³-hybridized carbons (Fsp3) is 0.458. The third-order valence-electron chi connectivity index (χ3n) is 11.9. The number of rotatable bonds is 18. The maximum atomic E-state index is 15.1. The van der Waals surface area contributed by atoms with E-state index in [9.17, 15) is 9.59 Å². The van der Waals surface area contributed by atoms with Gasteiger partial charge < -0.3 is 28.4 Å². The zero-order valence-electron chi connectivity index (χ0n) is 34.5. The summed E-state index contributed by atoms with van der Waals surface area (Å²) in [6.45, 7) is 15.6. The molecule has 0 aromatic heterocycles. The molecule has 4 aromatic carbocycles. The largest absolute Gasteiger partial charge is 0.493 e. The van der Waals surface area contributed by atoms with Crippen LogP contribution in [0.15, 0.2) is 72.8 Å². The minimum Gasteiger partial charge on any atom is -0.493 e. The second kappa shape index (κ2) is 16.8. The zero-order chi connectivity index (χ0) is 41.4. The number of esters is 2. The fourth-order valence-electron chi connectivity index (χ4n) is 7.80. The molecule has 0 radical (unpaired) electrons. The highest BCUT2D eigenvalue weighted by atomic mass is 19.1. The summed E-state index contributed by atoms with van der Waals surface area (Å²) in [6.07, 6.45) is 6.39. The number of carbonyl (C=O) groups is 2. The maximum absolute atomic E-state index is 15.1. The monoisotopic (exact) mass is 796 g/mol. The Kier molecular flexibility index (Phi) is 12.0. The number of carbonyl (C=O) groups excluding carboxylic acids is 2. The van der Waals surface area contributed by atoms with Gasteiger partial charge in [-0.25, -0.2) is 18.4 Å². The predicted octanol–water partition coefficient (Wildman–Crippen LogP) is 11.3. The highest BCUT2D eigenvalue weighted by molar-refractivity contribution is 5.93. The average Bonchev–Trinajstić information content (AvgIpc) is 3.98. The lowest BCUT2D eigenvalue weighted by Crippen LogP contribution is -2.12. The van der Waals surface area contributed by atoms with Crippen molar-refractivity contribution in [3.05, 3.63) is 107 Å². The first-order valence-corrected chi connectivity index (χ1v) is 20.5. The lowest BCUT2D eigenvalue weighted by Gasteiger charge is -2.13. The van der Waals surface area contributed by atoms with Crippen molar-refractivity contribution in [1.82, 2.24) is 0 Å². The van der Waals surface area contributed by atoms with Gasteiger partial charge in [-0.05, 0) is 149 Å². The smallest absolute Gasteiger partial charge is 0.346 e. The molecule has 4 aromatic rings. The van der Waals surface area contributed by atoms with Gasteiger partial charge in [0.15, 0.2) is 0 Å². The quantitative estimate of drug-likeness (QED) is 0.0558. The molecule has 2 fully saturated rings. The summed E-state index contributed by atoms with van der Waals surface area (Å²) in [6, 6.07) is 18.9. The molecule has 1 aliphatic carbocycles. The van der Waals surface area contributed by atoms with Gasteiger partial charge in [0.05, 0.1) is 47.8 Å². The van der Waals surface area contributed by atoms with E-state index < -0.39 is 23.6 Å². The van der Waals surface area contributed by atoms with Crippen molar-refractivity contribution in [2.45, 2.75) is 116 Å². The van der Waals surface area contributed by atoms with Gasteiger partial charge >= 0.3 is 11.9 Å². The van der Waals surface area contributed by atoms with Gasteiger partial charge in [-0.15, -0.1) is 0 Å². The summed E-state index contributed by atoms with van der Waals surface area (Å²) in [5.74, 6) is -1.09. The number of ether oxygens (including phenoxy) is 6. The van der Waals surface area contributed by atoms with Crippen molar-refractivity contribution in [3.8, 4) is 34.1 Å². The van der Waals surface area contributed by atoms with Crippen LogP contribution >= 0.6 is 0 Å². The number of hydrogen-bond donors (Lipinski definition) is 0. The van der Waals surface area contributed by atoms with Gasteiger partial charge in [-0.3, -0.25) is 0 Å². The summed E-state index contributed by atoms with van der Waals surface area (Å²) in [5, 5.41) is 0. The molecule has 3 aliphatic rings. The molecule has 0 saturated carbocycles. The Morgan fingerprint density at radius 1 is 0.603 bits per heavy atom. The number of epoxide rings is 2. The minimum atomic E-state index is -0.819. The van der Waals surface area contributed by atoms with Crippen LogP contribution in [0, 0.1) is 23.5 Å². The summed E-state index contributed by atoms with van der Waals surface area (Å²) in [4.78, 5) is 26.1. The Balaban J connectivity index is 0.892. The molecule has 0 spiro atoms. The van der Waals surface area contributed by atoms with Gasteiger partial charge in [-0.2, -0.15) is 0 Å². The van der Waals surface area contributed by atoms with E-state index in [1.54, 1.807) is 36.4 Å². The van der Waals surface area contributed by atoms with Crippen molar-refractivity contribution < 1.29 is 46.8 Å². The van der Waals surface area contributed by atoms with Crippen molar-refractivity contribution in [2.24, 2.45) is 11.8 Å². The van der Waals surface area contributed by atoms with Gasteiger partial charge in [0.1, 0.15) is 34.6 Å². The second-order valence-corrected chi connectivity index (χ2v) is 17.3. The van der Waals surface area contributed by atoms with Crippen LogP contribution in [0.25, 0.3) is 11.1 Å². The topological polar surface area (TPSA) is 96.1 Å². The lowest BCUT2D eigenvalue weighted by atomic mass is 9.98. The van der Waals surface area contributed by atoms with E-state index in [4.69, 9.17) is 28.4 Å². The van der Waals surface area contributed by atoms with Gasteiger partial charge in [0.2, 0.25) is 0 Å². The van der Waals surface area contributed by atoms with E-state index in [0.29, 0.717) is 48.8 Å². The second-order valence-electron chi connectivity index (χ2n) is 17.3. The van der Waals surface area contributed by atoms with E-state index in [1.165, 1.54) is 24.3 Å². The zero-order valence-corrected chi connectivity index (χ0v) is 34.5. The van der Waals surface area contributed by atoms with Crippen molar-refractivity contribution in [3.63, 3.8) is 0 Å². The lowest BCUT2D eigenvalue weighted by molar-refractivity contribution is 0.0719. The molecule has 0 N–H and O–H groups in total. The SMILES string of the molecule is CC(CCOc1ccc(C(=O)Oc2ccc3c(c2)C(C)c2cc(OC(=O)c4ccc(OCCC(C)CCC5OC5(C)C)cc4F)ccc2-3)c(F)c1)CCC1OC1(C)C. The molecule has 2 saturated heterocycles. The molecule has 0 amide bonds. The highest BCUT2D eigenvalue weighted by Crippen LogP contribution is 2.47. The molecule has 0 bridgehead atoms. The van der Waals surface area contributed by atoms with Crippen LogP contribution in [-0.4, -0.2) is 48.6 Å². The van der Waals surface area contributed by atoms with Crippen LogP contribution in [0.2, 0.25) is 0 Å².